The number of rotatable bonds is 9. The lowest BCUT2D eigenvalue weighted by molar-refractivity contribution is 0.548. The highest BCUT2D eigenvalue weighted by Gasteiger charge is 2.30. The molecule has 0 amide bonds. The molecule has 1 N–H and O–H groups in total. The summed E-state index contributed by atoms with van der Waals surface area (Å²) in [5.41, 5.74) is 6.17. The summed E-state index contributed by atoms with van der Waals surface area (Å²) in [6, 6.07) is 17.4. The monoisotopic (exact) mass is 492 g/mol. The van der Waals surface area contributed by atoms with Gasteiger partial charge in [-0.05, 0) is 80.3 Å². The Morgan fingerprint density at radius 1 is 1.11 bits per heavy atom. The molecule has 0 unspecified atom stereocenters. The molecule has 0 spiro atoms. The molecule has 190 valence electrons. The summed E-state index contributed by atoms with van der Waals surface area (Å²) in [6.07, 6.45) is 13.7. The average molecular weight is 493 g/mol. The Balaban J connectivity index is 1.37. The third-order valence-electron chi connectivity index (χ3n) is 6.95. The summed E-state index contributed by atoms with van der Waals surface area (Å²) in [5.74, 6) is 2.02. The quantitative estimate of drug-likeness (QED) is 0.270. The fourth-order valence-corrected chi connectivity index (χ4v) is 4.92. The van der Waals surface area contributed by atoms with E-state index in [1.165, 1.54) is 25.7 Å². The van der Waals surface area contributed by atoms with E-state index in [2.05, 4.69) is 82.2 Å². The van der Waals surface area contributed by atoms with Gasteiger partial charge in [0.25, 0.3) is 0 Å². The molecule has 6 heteroatoms. The number of hydrogen-bond donors (Lipinski definition) is 1. The van der Waals surface area contributed by atoms with E-state index in [-0.39, 0.29) is 0 Å². The van der Waals surface area contributed by atoms with Crippen molar-refractivity contribution < 1.29 is 0 Å². The lowest BCUT2D eigenvalue weighted by atomic mass is 10.1. The normalized spacial score (nSPS) is 16.1. The van der Waals surface area contributed by atoms with Crippen molar-refractivity contribution in [2.75, 3.05) is 30.4 Å². The van der Waals surface area contributed by atoms with Gasteiger partial charge in [-0.25, -0.2) is 4.98 Å². The van der Waals surface area contributed by atoms with Gasteiger partial charge in [-0.3, -0.25) is 9.98 Å². The number of nitrogens with zero attached hydrogens (tertiary/aromatic N) is 5. The van der Waals surface area contributed by atoms with Crippen molar-refractivity contribution >= 4 is 23.0 Å². The summed E-state index contributed by atoms with van der Waals surface area (Å²) in [4.78, 5) is 18.6. The van der Waals surface area contributed by atoms with E-state index >= 15 is 0 Å². The Morgan fingerprint density at radius 3 is 2.62 bits per heavy atom. The second kappa shape index (κ2) is 11.4. The minimum Gasteiger partial charge on any atom is -0.357 e. The minimum absolute atomic E-state index is 0.509. The zero-order valence-electron chi connectivity index (χ0n) is 21.9. The highest BCUT2D eigenvalue weighted by Crippen LogP contribution is 2.30. The van der Waals surface area contributed by atoms with Crippen LogP contribution < -0.4 is 10.2 Å². The van der Waals surface area contributed by atoms with Gasteiger partial charge in [-0.1, -0.05) is 31.7 Å². The van der Waals surface area contributed by atoms with Crippen LogP contribution in [-0.2, 0) is 0 Å². The van der Waals surface area contributed by atoms with Crippen molar-refractivity contribution in [2.24, 2.45) is 4.99 Å². The van der Waals surface area contributed by atoms with Crippen molar-refractivity contribution in [3.8, 4) is 11.1 Å². The Labute approximate surface area is 220 Å². The van der Waals surface area contributed by atoms with Gasteiger partial charge in [0.15, 0.2) is 0 Å². The van der Waals surface area contributed by atoms with Crippen LogP contribution >= 0.6 is 0 Å². The van der Waals surface area contributed by atoms with Crippen LogP contribution in [0.15, 0.2) is 84.8 Å². The molecule has 3 heterocycles. The third kappa shape index (κ3) is 5.74. The van der Waals surface area contributed by atoms with Crippen molar-refractivity contribution in [1.29, 1.82) is 0 Å². The van der Waals surface area contributed by atoms with E-state index in [0.29, 0.717) is 6.04 Å². The summed E-state index contributed by atoms with van der Waals surface area (Å²) >= 11 is 0. The molecule has 1 aromatic carbocycles. The van der Waals surface area contributed by atoms with Crippen LogP contribution in [0.1, 0.15) is 50.3 Å². The molecule has 2 aromatic heterocycles. The number of pyridine rings is 2. The van der Waals surface area contributed by atoms with Gasteiger partial charge in [0, 0.05) is 55.4 Å². The molecule has 2 fully saturated rings. The number of hydrogen-bond acceptors (Lipinski definition) is 5. The molecular formula is C31H36N6. The number of nitrogens with one attached hydrogen (secondary N) is 1. The van der Waals surface area contributed by atoms with Gasteiger partial charge < -0.3 is 15.1 Å². The summed E-state index contributed by atoms with van der Waals surface area (Å²) in [7, 11) is 1.85. The molecule has 1 saturated heterocycles. The fraction of sp³-hybridized carbons (Fsp3) is 0.323. The second-order valence-corrected chi connectivity index (χ2v) is 9.63. The number of anilines is 2. The van der Waals surface area contributed by atoms with Crippen LogP contribution in [0, 0.1) is 0 Å². The number of allylic oxidation sites excluding steroid dienone is 1. The van der Waals surface area contributed by atoms with E-state index in [1.54, 1.807) is 0 Å². The maximum absolute atomic E-state index is 4.74. The molecule has 1 aliphatic heterocycles. The Morgan fingerprint density at radius 2 is 1.95 bits per heavy atom. The Hall–Kier alpha value is -3.93. The van der Waals surface area contributed by atoms with Crippen LogP contribution in [-0.4, -0.2) is 46.9 Å². The summed E-state index contributed by atoms with van der Waals surface area (Å²) in [5, 5.41) is 3.62. The smallest absolute Gasteiger partial charge is 0.134 e. The molecule has 0 atom stereocenters. The van der Waals surface area contributed by atoms with Gasteiger partial charge >= 0.3 is 0 Å². The van der Waals surface area contributed by atoms with Crippen LogP contribution in [0.25, 0.3) is 16.8 Å². The van der Waals surface area contributed by atoms with E-state index in [1.807, 2.05) is 31.7 Å². The van der Waals surface area contributed by atoms with Gasteiger partial charge in [0.1, 0.15) is 11.7 Å². The number of benzene rings is 1. The third-order valence-corrected chi connectivity index (χ3v) is 6.95. The SMILES string of the molecule is C=CN(/C(=N\C)c1cccc(N/C(=C/CC)c2cc(-c3ccc(N4CCCC4)nc3)ccn2)c1)C1CC1. The number of amidine groups is 1. The molecule has 2 aliphatic rings. The van der Waals surface area contributed by atoms with Crippen LogP contribution in [0.3, 0.4) is 0 Å². The highest BCUT2D eigenvalue weighted by atomic mass is 15.2. The van der Waals surface area contributed by atoms with E-state index in [9.17, 15) is 0 Å². The molecule has 6 nitrogen and oxygen atoms in total. The van der Waals surface area contributed by atoms with Crippen molar-refractivity contribution in [3.63, 3.8) is 0 Å². The maximum Gasteiger partial charge on any atom is 0.134 e. The van der Waals surface area contributed by atoms with Crippen molar-refractivity contribution in [1.82, 2.24) is 14.9 Å². The van der Waals surface area contributed by atoms with Gasteiger partial charge in [-0.2, -0.15) is 0 Å². The first-order valence-corrected chi connectivity index (χ1v) is 13.3. The lowest BCUT2D eigenvalue weighted by Gasteiger charge is -2.22. The van der Waals surface area contributed by atoms with Gasteiger partial charge in [0.05, 0.1) is 11.4 Å². The van der Waals surface area contributed by atoms with Crippen LogP contribution in [0.4, 0.5) is 11.5 Å². The molecule has 37 heavy (non-hydrogen) atoms. The van der Waals surface area contributed by atoms with E-state index < -0.39 is 0 Å². The Kier molecular flexibility index (Phi) is 7.64. The van der Waals surface area contributed by atoms with Gasteiger partial charge in [0.2, 0.25) is 0 Å². The molecule has 0 radical (unpaired) electrons. The van der Waals surface area contributed by atoms with E-state index in [0.717, 1.165) is 64.9 Å². The highest BCUT2D eigenvalue weighted by molar-refractivity contribution is 6.00. The van der Waals surface area contributed by atoms with E-state index in [4.69, 9.17) is 9.97 Å². The topological polar surface area (TPSA) is 56.6 Å². The maximum atomic E-state index is 4.74. The zero-order chi connectivity index (χ0) is 25.6. The fourth-order valence-electron chi connectivity index (χ4n) is 4.92. The standard InChI is InChI=1S/C31H36N6/c1-4-9-28(35-26-11-8-10-24(20-26)31(32-3)37(5-2)27-13-14-27)29-21-23(16-17-33-29)25-12-15-30(34-22-25)36-18-6-7-19-36/h5,8-12,15-17,20-22,27,35H,2,4,6-7,13-14,18-19H2,1,3H3/b28-9+,32-31-. The number of aromatic nitrogens is 2. The predicted molar refractivity (Wildman–Crippen MR) is 155 cm³/mol. The predicted octanol–water partition coefficient (Wildman–Crippen LogP) is 6.59. The largest absolute Gasteiger partial charge is 0.357 e. The first-order chi connectivity index (χ1) is 18.2. The molecule has 1 aliphatic carbocycles. The zero-order valence-corrected chi connectivity index (χ0v) is 21.9. The first kappa shape index (κ1) is 24.8. The van der Waals surface area contributed by atoms with Crippen molar-refractivity contribution in [3.05, 3.63) is 91.0 Å². The first-order valence-electron chi connectivity index (χ1n) is 13.3. The summed E-state index contributed by atoms with van der Waals surface area (Å²) < 4.78 is 0. The second-order valence-electron chi connectivity index (χ2n) is 9.63. The van der Waals surface area contributed by atoms with Crippen LogP contribution in [0.2, 0.25) is 0 Å². The average Bonchev–Trinajstić information content (AvgIpc) is 3.63. The minimum atomic E-state index is 0.509. The van der Waals surface area contributed by atoms with Crippen molar-refractivity contribution in [2.45, 2.75) is 45.1 Å². The van der Waals surface area contributed by atoms with Gasteiger partial charge in [-0.15, -0.1) is 0 Å². The molecule has 1 saturated carbocycles. The molecule has 5 rings (SSSR count). The molecule has 3 aromatic rings. The van der Waals surface area contributed by atoms with Crippen LogP contribution in [0.5, 0.6) is 0 Å². The summed E-state index contributed by atoms with van der Waals surface area (Å²) in [6.45, 7) is 8.35. The number of aliphatic imine (C=N–C) groups is 1. The molecule has 0 bridgehead atoms. The Bertz CT molecular complexity index is 1280. The lowest BCUT2D eigenvalue weighted by Crippen LogP contribution is -2.28. The molecular weight excluding hydrogens is 456 g/mol.